The molecule has 0 radical (unpaired) electrons. The van der Waals surface area contributed by atoms with E-state index in [4.69, 9.17) is 4.74 Å². The Morgan fingerprint density at radius 3 is 2.19 bits per heavy atom. The smallest absolute Gasteiger partial charge is 0.329 e. The summed E-state index contributed by atoms with van der Waals surface area (Å²) in [4.78, 5) is 23.6. The molecule has 0 fully saturated rings. The van der Waals surface area contributed by atoms with Crippen molar-refractivity contribution in [2.45, 2.75) is 0 Å². The van der Waals surface area contributed by atoms with Crippen LogP contribution >= 0.6 is 0 Å². The van der Waals surface area contributed by atoms with Gasteiger partial charge in [-0.3, -0.25) is 9.59 Å². The number of hydrogen-bond donors (Lipinski definition) is 2. The van der Waals surface area contributed by atoms with Crippen LogP contribution < -0.4 is 15.5 Å². The summed E-state index contributed by atoms with van der Waals surface area (Å²) in [5.74, 6) is -0.290. The largest absolute Gasteiger partial charge is 0.457 e. The molecule has 0 aliphatic carbocycles. The van der Waals surface area contributed by atoms with Crippen molar-refractivity contribution in [1.82, 2.24) is 5.43 Å². The predicted molar refractivity (Wildman–Crippen MR) is 104 cm³/mol. The molecule has 3 rings (SSSR count). The summed E-state index contributed by atoms with van der Waals surface area (Å²) in [6.07, 6.45) is 1.44. The summed E-state index contributed by atoms with van der Waals surface area (Å²) in [5, 5.41) is 6.29. The standard InChI is InChI=1S/C21H17N3O3/c25-20(23-17-9-3-1-4-10-17)21(26)24-22-15-16-8-7-13-19(14-16)27-18-11-5-2-6-12-18/h1-15H,(H,23,25)(H,24,26)/b22-15-. The topological polar surface area (TPSA) is 79.8 Å². The van der Waals surface area contributed by atoms with Crippen LogP contribution in [0, 0.1) is 0 Å². The molecule has 0 spiro atoms. The zero-order chi connectivity index (χ0) is 18.9. The van der Waals surface area contributed by atoms with E-state index in [1.165, 1.54) is 6.21 Å². The number of benzene rings is 3. The summed E-state index contributed by atoms with van der Waals surface area (Å²) < 4.78 is 5.74. The normalized spacial score (nSPS) is 10.4. The Balaban J connectivity index is 1.55. The van der Waals surface area contributed by atoms with Crippen molar-refractivity contribution >= 4 is 23.7 Å². The maximum atomic E-state index is 11.8. The molecule has 0 aliphatic rings. The van der Waals surface area contributed by atoms with Gasteiger partial charge in [0.15, 0.2) is 0 Å². The van der Waals surface area contributed by atoms with E-state index in [9.17, 15) is 9.59 Å². The Hall–Kier alpha value is -3.93. The summed E-state index contributed by atoms with van der Waals surface area (Å²) in [6.45, 7) is 0. The molecule has 0 atom stereocenters. The maximum absolute atomic E-state index is 11.8. The molecule has 3 aromatic rings. The van der Waals surface area contributed by atoms with E-state index in [0.717, 1.165) is 5.75 Å². The van der Waals surface area contributed by atoms with Gasteiger partial charge in [0, 0.05) is 5.69 Å². The van der Waals surface area contributed by atoms with Gasteiger partial charge in [-0.1, -0.05) is 48.5 Å². The second-order valence-electron chi connectivity index (χ2n) is 5.51. The number of nitrogens with zero attached hydrogens (tertiary/aromatic N) is 1. The molecule has 134 valence electrons. The fourth-order valence-electron chi connectivity index (χ4n) is 2.21. The first-order valence-corrected chi connectivity index (χ1v) is 8.23. The van der Waals surface area contributed by atoms with Crippen molar-refractivity contribution in [3.05, 3.63) is 90.5 Å². The highest BCUT2D eigenvalue weighted by atomic mass is 16.5. The fraction of sp³-hybridized carbons (Fsp3) is 0. The Kier molecular flexibility index (Phi) is 5.93. The molecule has 0 aromatic heterocycles. The van der Waals surface area contributed by atoms with Gasteiger partial charge in [0.1, 0.15) is 11.5 Å². The summed E-state index contributed by atoms with van der Waals surface area (Å²) in [6, 6.07) is 25.3. The number of amides is 2. The lowest BCUT2D eigenvalue weighted by Crippen LogP contribution is -2.32. The Morgan fingerprint density at radius 1 is 0.778 bits per heavy atom. The second kappa shape index (κ2) is 8.96. The van der Waals surface area contributed by atoms with Crippen LogP contribution in [0.25, 0.3) is 0 Å². The van der Waals surface area contributed by atoms with Crippen LogP contribution in [-0.4, -0.2) is 18.0 Å². The molecule has 0 unspecified atom stereocenters. The average molecular weight is 359 g/mol. The number of carbonyl (C=O) groups is 2. The van der Waals surface area contributed by atoms with Gasteiger partial charge in [-0.05, 0) is 42.0 Å². The molecule has 0 aliphatic heterocycles. The van der Waals surface area contributed by atoms with Crippen LogP contribution in [0.4, 0.5) is 5.69 Å². The fourth-order valence-corrected chi connectivity index (χ4v) is 2.21. The molecular weight excluding hydrogens is 342 g/mol. The van der Waals surface area contributed by atoms with E-state index < -0.39 is 11.8 Å². The number of hydrazone groups is 1. The van der Waals surface area contributed by atoms with Crippen LogP contribution in [0.2, 0.25) is 0 Å². The molecule has 0 saturated carbocycles. The lowest BCUT2D eigenvalue weighted by atomic mass is 10.2. The van der Waals surface area contributed by atoms with E-state index in [2.05, 4.69) is 15.8 Å². The highest BCUT2D eigenvalue weighted by Crippen LogP contribution is 2.21. The Morgan fingerprint density at radius 2 is 1.44 bits per heavy atom. The molecule has 0 bridgehead atoms. The van der Waals surface area contributed by atoms with Crippen LogP contribution in [0.3, 0.4) is 0 Å². The van der Waals surface area contributed by atoms with Gasteiger partial charge in [0.2, 0.25) is 0 Å². The van der Waals surface area contributed by atoms with Gasteiger partial charge in [-0.25, -0.2) is 5.43 Å². The minimum absolute atomic E-state index is 0.535. The van der Waals surface area contributed by atoms with Crippen molar-refractivity contribution in [3.63, 3.8) is 0 Å². The van der Waals surface area contributed by atoms with E-state index in [0.29, 0.717) is 17.0 Å². The summed E-state index contributed by atoms with van der Waals surface area (Å²) >= 11 is 0. The SMILES string of the molecule is O=C(N/N=C\c1cccc(Oc2ccccc2)c1)C(=O)Nc1ccccc1. The first-order chi connectivity index (χ1) is 13.2. The number of carbonyl (C=O) groups excluding carboxylic acids is 2. The van der Waals surface area contributed by atoms with Crippen LogP contribution in [-0.2, 0) is 9.59 Å². The lowest BCUT2D eigenvalue weighted by molar-refractivity contribution is -0.136. The number of anilines is 1. The quantitative estimate of drug-likeness (QED) is 0.415. The minimum Gasteiger partial charge on any atom is -0.457 e. The summed E-state index contributed by atoms with van der Waals surface area (Å²) in [7, 11) is 0. The highest BCUT2D eigenvalue weighted by Gasteiger charge is 2.12. The Labute approximate surface area is 156 Å². The van der Waals surface area contributed by atoms with E-state index >= 15 is 0 Å². The maximum Gasteiger partial charge on any atom is 0.329 e. The minimum atomic E-state index is -0.855. The number of ether oxygens (including phenoxy) is 1. The molecule has 2 N–H and O–H groups in total. The number of hydrogen-bond acceptors (Lipinski definition) is 4. The van der Waals surface area contributed by atoms with Crippen molar-refractivity contribution in [2.24, 2.45) is 5.10 Å². The summed E-state index contributed by atoms with van der Waals surface area (Å²) in [5.41, 5.74) is 3.45. The molecule has 6 heteroatoms. The van der Waals surface area contributed by atoms with Gasteiger partial charge in [-0.2, -0.15) is 5.10 Å². The van der Waals surface area contributed by atoms with Gasteiger partial charge in [0.25, 0.3) is 0 Å². The Bertz CT molecular complexity index is 941. The van der Waals surface area contributed by atoms with Gasteiger partial charge in [-0.15, -0.1) is 0 Å². The van der Waals surface area contributed by atoms with Crippen LogP contribution in [0.1, 0.15) is 5.56 Å². The highest BCUT2D eigenvalue weighted by molar-refractivity contribution is 6.39. The molecule has 3 aromatic carbocycles. The van der Waals surface area contributed by atoms with E-state index in [1.807, 2.05) is 48.5 Å². The van der Waals surface area contributed by atoms with E-state index in [-0.39, 0.29) is 0 Å². The van der Waals surface area contributed by atoms with Crippen LogP contribution in [0.5, 0.6) is 11.5 Å². The number of nitrogens with one attached hydrogen (secondary N) is 2. The van der Waals surface area contributed by atoms with Crippen molar-refractivity contribution in [1.29, 1.82) is 0 Å². The van der Waals surface area contributed by atoms with E-state index in [1.54, 1.807) is 36.4 Å². The molecule has 0 saturated heterocycles. The molecule has 27 heavy (non-hydrogen) atoms. The van der Waals surface area contributed by atoms with Crippen molar-refractivity contribution in [2.75, 3.05) is 5.32 Å². The zero-order valence-corrected chi connectivity index (χ0v) is 14.3. The second-order valence-corrected chi connectivity index (χ2v) is 5.51. The molecular formula is C21H17N3O3. The first-order valence-electron chi connectivity index (χ1n) is 8.23. The van der Waals surface area contributed by atoms with Gasteiger partial charge < -0.3 is 10.1 Å². The number of para-hydroxylation sites is 2. The monoisotopic (exact) mass is 359 g/mol. The van der Waals surface area contributed by atoms with Crippen molar-refractivity contribution in [3.8, 4) is 11.5 Å². The van der Waals surface area contributed by atoms with Gasteiger partial charge >= 0.3 is 11.8 Å². The zero-order valence-electron chi connectivity index (χ0n) is 14.3. The third kappa shape index (κ3) is 5.54. The lowest BCUT2D eigenvalue weighted by Gasteiger charge is -2.06. The predicted octanol–water partition coefficient (Wildman–Crippen LogP) is 3.57. The molecule has 0 heterocycles. The third-order valence-corrected chi connectivity index (χ3v) is 3.45. The number of rotatable bonds is 5. The third-order valence-electron chi connectivity index (χ3n) is 3.45. The van der Waals surface area contributed by atoms with Crippen LogP contribution in [0.15, 0.2) is 90.0 Å². The first kappa shape index (κ1) is 17.9. The van der Waals surface area contributed by atoms with Gasteiger partial charge in [0.05, 0.1) is 6.21 Å². The molecule has 2 amide bonds. The molecule has 6 nitrogen and oxygen atoms in total. The van der Waals surface area contributed by atoms with Crippen molar-refractivity contribution < 1.29 is 14.3 Å². The average Bonchev–Trinajstić information content (AvgIpc) is 2.70.